The van der Waals surface area contributed by atoms with Crippen LogP contribution in [0.4, 0.5) is 0 Å². The molecule has 320 valence electrons. The summed E-state index contributed by atoms with van der Waals surface area (Å²) in [7, 11) is -2.92. The predicted molar refractivity (Wildman–Crippen MR) is 240 cm³/mol. The minimum absolute atomic E-state index is 0.0235. The van der Waals surface area contributed by atoms with Gasteiger partial charge in [-0.25, -0.2) is 0 Å². The Morgan fingerprint density at radius 2 is 1.33 bits per heavy atom. The zero-order chi connectivity index (χ0) is 43.2. The summed E-state index contributed by atoms with van der Waals surface area (Å²) in [5.74, 6) is -1.50. The van der Waals surface area contributed by atoms with Gasteiger partial charge in [0.25, 0.3) is 8.32 Å². The van der Waals surface area contributed by atoms with Crippen molar-refractivity contribution in [2.45, 2.75) is 127 Å². The number of ketones is 1. The normalized spacial score (nSPS) is 21.0. The summed E-state index contributed by atoms with van der Waals surface area (Å²) in [5.41, 5.74) is 1.43. The van der Waals surface area contributed by atoms with Gasteiger partial charge in [-0.15, -0.1) is 0 Å². The molecule has 61 heavy (non-hydrogen) atoms. The average molecular weight is 841 g/mol. The second-order valence-corrected chi connectivity index (χ2v) is 22.4. The molecule has 0 aromatic heterocycles. The Kier molecular flexibility index (Phi) is 13.4. The average Bonchev–Trinajstić information content (AvgIpc) is 3.91. The van der Waals surface area contributed by atoms with Crippen LogP contribution in [-0.2, 0) is 47.7 Å². The van der Waals surface area contributed by atoms with Gasteiger partial charge >= 0.3 is 0 Å². The van der Waals surface area contributed by atoms with Crippen molar-refractivity contribution in [2.75, 3.05) is 6.54 Å². The van der Waals surface area contributed by atoms with Gasteiger partial charge in [0.1, 0.15) is 29.8 Å². The fourth-order valence-corrected chi connectivity index (χ4v) is 14.4. The standard InChI is InChI=1S/C50H60N4O6Si/c1-35(60-61(49(2,3)4,39-24-11-6-12-25-39)40-26-13-7-14-27-40)44(55)30-16-8-15-28-41-45(56)53-50(33-37-22-17-18-23-38(37)34-50)48(59)52-42(32-36-20-9-5-10-21-36)47(58)54-31-19-29-43(54)46(57)51-41/h5-7,9-14,17-18,20-27,35,41-43H,8,15-16,19,28-34H2,1-4H3,(H,51,57)(H,52,59)(H,53,56)/t35-,41-,42-,43+/m0/s1. The van der Waals surface area contributed by atoms with Crippen molar-refractivity contribution in [2.24, 2.45) is 0 Å². The molecule has 0 unspecified atom stereocenters. The molecule has 1 aliphatic carbocycles. The number of Topliss-reactive ketones (excluding diaryl/α,β-unsaturated/α-hetero) is 1. The third kappa shape index (κ3) is 9.43. The van der Waals surface area contributed by atoms with Gasteiger partial charge in [-0.2, -0.15) is 0 Å². The lowest BCUT2D eigenvalue weighted by Crippen LogP contribution is -2.68. The summed E-state index contributed by atoms with van der Waals surface area (Å²) < 4.78 is 7.07. The molecule has 2 aliphatic heterocycles. The van der Waals surface area contributed by atoms with Crippen molar-refractivity contribution in [3.05, 3.63) is 132 Å². The van der Waals surface area contributed by atoms with Crippen molar-refractivity contribution < 1.29 is 28.4 Å². The summed E-state index contributed by atoms with van der Waals surface area (Å²) in [6.07, 6.45) is 3.65. The van der Waals surface area contributed by atoms with E-state index in [1.807, 2.05) is 97.9 Å². The minimum atomic E-state index is -2.92. The molecule has 1 spiro atoms. The zero-order valence-corrected chi connectivity index (χ0v) is 37.0. The maximum atomic E-state index is 14.6. The molecule has 7 rings (SSSR count). The zero-order valence-electron chi connectivity index (χ0n) is 36.0. The van der Waals surface area contributed by atoms with E-state index < -0.39 is 49.9 Å². The number of nitrogens with zero attached hydrogens (tertiary/aromatic N) is 1. The smallest absolute Gasteiger partial charge is 0.262 e. The molecule has 10 nitrogen and oxygen atoms in total. The molecule has 11 heteroatoms. The fourth-order valence-electron chi connectivity index (χ4n) is 9.68. The second-order valence-electron chi connectivity index (χ2n) is 18.1. The van der Waals surface area contributed by atoms with Crippen molar-refractivity contribution in [3.8, 4) is 0 Å². The van der Waals surface area contributed by atoms with E-state index in [4.69, 9.17) is 4.43 Å². The summed E-state index contributed by atoms with van der Waals surface area (Å²) in [5, 5.41) is 11.2. The van der Waals surface area contributed by atoms with Crippen LogP contribution in [0.5, 0.6) is 0 Å². The first-order chi connectivity index (χ1) is 29.3. The van der Waals surface area contributed by atoms with Crippen molar-refractivity contribution in [1.29, 1.82) is 0 Å². The Bertz CT molecular complexity index is 2130. The molecule has 4 aromatic carbocycles. The van der Waals surface area contributed by atoms with Gasteiger partial charge in [-0.05, 0) is 64.7 Å². The number of fused-ring (bicyclic) bond motifs is 2. The highest BCUT2D eigenvalue weighted by Crippen LogP contribution is 2.38. The van der Waals surface area contributed by atoms with Gasteiger partial charge in [0.2, 0.25) is 23.6 Å². The predicted octanol–water partition coefficient (Wildman–Crippen LogP) is 5.34. The van der Waals surface area contributed by atoms with E-state index in [0.717, 1.165) is 27.1 Å². The summed E-state index contributed by atoms with van der Waals surface area (Å²) >= 11 is 0. The van der Waals surface area contributed by atoms with Crippen LogP contribution in [0.25, 0.3) is 0 Å². The molecular formula is C50H60N4O6Si. The van der Waals surface area contributed by atoms with Crippen molar-refractivity contribution in [3.63, 3.8) is 0 Å². The minimum Gasteiger partial charge on any atom is -0.398 e. The number of carbonyl (C=O) groups is 5. The van der Waals surface area contributed by atoms with E-state index in [2.05, 4.69) is 61.0 Å². The SMILES string of the molecule is C[C@H](O[Si](c1ccccc1)(c1ccccc1)C(C)(C)C)C(=O)CCCCC[C@@H]1NC(=O)[C@H]2CCCN2C(=O)[C@H](Cc2ccccc2)NC(=O)C2(Cc3ccccc3C2)NC1=O. The van der Waals surface area contributed by atoms with Crippen LogP contribution in [0.1, 0.15) is 89.3 Å². The third-order valence-electron chi connectivity index (χ3n) is 12.9. The van der Waals surface area contributed by atoms with E-state index in [9.17, 15) is 24.0 Å². The van der Waals surface area contributed by atoms with Crippen LogP contribution in [0.3, 0.4) is 0 Å². The maximum Gasteiger partial charge on any atom is 0.262 e. The first kappa shape index (κ1) is 43.7. The summed E-state index contributed by atoms with van der Waals surface area (Å²) in [6, 6.07) is 35.2. The van der Waals surface area contributed by atoms with Crippen LogP contribution in [0.15, 0.2) is 115 Å². The Hall–Kier alpha value is -5.39. The molecule has 2 saturated heterocycles. The van der Waals surface area contributed by atoms with Gasteiger partial charge in [0.15, 0.2) is 5.78 Å². The Balaban J connectivity index is 1.05. The number of benzene rings is 4. The Labute approximate surface area is 361 Å². The number of amides is 4. The number of hydrogen-bond donors (Lipinski definition) is 3. The van der Waals surface area contributed by atoms with Crippen LogP contribution in [0, 0.1) is 0 Å². The molecule has 4 aromatic rings. The highest BCUT2D eigenvalue weighted by molar-refractivity contribution is 6.99. The third-order valence-corrected chi connectivity index (χ3v) is 18.0. The van der Waals surface area contributed by atoms with Gasteiger partial charge in [-0.3, -0.25) is 24.0 Å². The fraction of sp³-hybridized carbons (Fsp3) is 0.420. The molecule has 2 heterocycles. The van der Waals surface area contributed by atoms with Crippen LogP contribution in [0.2, 0.25) is 5.04 Å². The topological polar surface area (TPSA) is 134 Å². The largest absolute Gasteiger partial charge is 0.398 e. The summed E-state index contributed by atoms with van der Waals surface area (Å²) in [4.78, 5) is 72.8. The maximum absolute atomic E-state index is 14.6. The lowest BCUT2D eigenvalue weighted by molar-refractivity contribution is -0.144. The molecule has 3 N–H and O–H groups in total. The van der Waals surface area contributed by atoms with E-state index in [0.29, 0.717) is 51.5 Å². The molecule has 0 radical (unpaired) electrons. The first-order valence-electron chi connectivity index (χ1n) is 22.0. The van der Waals surface area contributed by atoms with E-state index in [1.165, 1.54) is 0 Å². The lowest BCUT2D eigenvalue weighted by Gasteiger charge is -2.44. The second kappa shape index (κ2) is 18.7. The Morgan fingerprint density at radius 3 is 1.92 bits per heavy atom. The van der Waals surface area contributed by atoms with E-state index in [1.54, 1.807) is 4.90 Å². The number of rotatable bonds is 13. The van der Waals surface area contributed by atoms with E-state index >= 15 is 0 Å². The van der Waals surface area contributed by atoms with Gasteiger partial charge in [-0.1, -0.05) is 149 Å². The first-order valence-corrected chi connectivity index (χ1v) is 23.9. The molecule has 4 atom stereocenters. The van der Waals surface area contributed by atoms with Crippen LogP contribution in [-0.4, -0.2) is 78.9 Å². The number of unbranched alkanes of at least 4 members (excludes halogenated alkanes) is 2. The number of carbonyl (C=O) groups excluding carboxylic acids is 5. The van der Waals surface area contributed by atoms with Crippen molar-refractivity contribution in [1.82, 2.24) is 20.9 Å². The number of hydrogen-bond acceptors (Lipinski definition) is 6. The van der Waals surface area contributed by atoms with Crippen LogP contribution < -0.4 is 26.3 Å². The molecule has 4 amide bonds. The molecular weight excluding hydrogens is 781 g/mol. The van der Waals surface area contributed by atoms with Crippen LogP contribution >= 0.6 is 0 Å². The highest BCUT2D eigenvalue weighted by Gasteiger charge is 2.52. The monoisotopic (exact) mass is 840 g/mol. The van der Waals surface area contributed by atoms with Gasteiger partial charge in [0, 0.05) is 32.2 Å². The van der Waals surface area contributed by atoms with Gasteiger partial charge in [0.05, 0.1) is 0 Å². The lowest BCUT2D eigenvalue weighted by atomic mass is 9.91. The summed E-state index contributed by atoms with van der Waals surface area (Å²) in [6.45, 7) is 8.83. The Morgan fingerprint density at radius 1 is 0.754 bits per heavy atom. The quantitative estimate of drug-likeness (QED) is 0.123. The molecule has 3 aliphatic rings. The van der Waals surface area contributed by atoms with Gasteiger partial charge < -0.3 is 25.3 Å². The number of nitrogens with one attached hydrogen (secondary N) is 3. The van der Waals surface area contributed by atoms with E-state index in [-0.39, 0.29) is 41.9 Å². The van der Waals surface area contributed by atoms with Crippen molar-refractivity contribution >= 4 is 48.1 Å². The highest BCUT2D eigenvalue weighted by atomic mass is 28.4. The molecule has 0 bridgehead atoms. The molecule has 2 fully saturated rings. The molecule has 0 saturated carbocycles.